The lowest BCUT2D eigenvalue weighted by Gasteiger charge is -2.22. The van der Waals surface area contributed by atoms with Crippen molar-refractivity contribution >= 4 is 28.1 Å². The second kappa shape index (κ2) is 8.65. The molecule has 0 aliphatic carbocycles. The summed E-state index contributed by atoms with van der Waals surface area (Å²) in [6.07, 6.45) is 3.30. The van der Waals surface area contributed by atoms with Gasteiger partial charge in [-0.05, 0) is 80.2 Å². The standard InChI is InChI=1S/C18H21FN2O2S.ClH/c19-16-3-5-17(6-4-16)21-24(22,23)18-7-1-14(2-8-18)13-15-9-11-20-12-10-15;/h1-8,15,20-21H,9-13H2;1H. The Hall–Kier alpha value is -1.63. The first-order chi connectivity index (χ1) is 11.5. The Morgan fingerprint density at radius 3 is 2.20 bits per heavy atom. The molecule has 1 aliphatic rings. The van der Waals surface area contributed by atoms with Crippen molar-refractivity contribution in [3.8, 4) is 0 Å². The summed E-state index contributed by atoms with van der Waals surface area (Å²) in [6.45, 7) is 2.11. The molecule has 136 valence electrons. The Bertz CT molecular complexity index is 774. The van der Waals surface area contributed by atoms with Gasteiger partial charge in [-0.25, -0.2) is 12.8 Å². The van der Waals surface area contributed by atoms with Crippen molar-refractivity contribution in [1.82, 2.24) is 5.32 Å². The van der Waals surface area contributed by atoms with E-state index in [1.165, 1.54) is 24.3 Å². The molecule has 1 saturated heterocycles. The van der Waals surface area contributed by atoms with Crippen LogP contribution in [0.2, 0.25) is 0 Å². The molecular weight excluding hydrogens is 363 g/mol. The molecule has 0 saturated carbocycles. The lowest BCUT2D eigenvalue weighted by Crippen LogP contribution is -2.28. The van der Waals surface area contributed by atoms with E-state index in [1.807, 2.05) is 12.1 Å². The molecule has 1 fully saturated rings. The van der Waals surface area contributed by atoms with Gasteiger partial charge in [0.2, 0.25) is 0 Å². The van der Waals surface area contributed by atoms with E-state index in [0.717, 1.165) is 37.9 Å². The maximum atomic E-state index is 12.9. The molecule has 0 aromatic heterocycles. The van der Waals surface area contributed by atoms with Crippen LogP contribution in [0.3, 0.4) is 0 Å². The van der Waals surface area contributed by atoms with Gasteiger partial charge in [0.25, 0.3) is 10.0 Å². The van der Waals surface area contributed by atoms with Gasteiger partial charge in [-0.3, -0.25) is 4.72 Å². The Morgan fingerprint density at radius 1 is 1.00 bits per heavy atom. The van der Waals surface area contributed by atoms with Crippen LogP contribution in [-0.4, -0.2) is 21.5 Å². The highest BCUT2D eigenvalue weighted by Gasteiger charge is 2.16. The molecule has 2 N–H and O–H groups in total. The summed E-state index contributed by atoms with van der Waals surface area (Å²) in [4.78, 5) is 0.209. The number of rotatable bonds is 5. The summed E-state index contributed by atoms with van der Waals surface area (Å²) in [7, 11) is -3.66. The van der Waals surface area contributed by atoms with Crippen LogP contribution in [0.15, 0.2) is 53.4 Å². The van der Waals surface area contributed by atoms with E-state index in [2.05, 4.69) is 10.0 Å². The molecule has 4 nitrogen and oxygen atoms in total. The van der Waals surface area contributed by atoms with Gasteiger partial charge in [-0.15, -0.1) is 12.4 Å². The van der Waals surface area contributed by atoms with Crippen molar-refractivity contribution < 1.29 is 12.8 Å². The molecular formula is C18H22ClFN2O2S. The first-order valence-electron chi connectivity index (χ1n) is 8.11. The SMILES string of the molecule is Cl.O=S(=O)(Nc1ccc(F)cc1)c1ccc(CC2CCNCC2)cc1. The Kier molecular flexibility index (Phi) is 6.81. The van der Waals surface area contributed by atoms with E-state index >= 15 is 0 Å². The molecule has 0 atom stereocenters. The Labute approximate surface area is 154 Å². The number of benzene rings is 2. The highest BCUT2D eigenvalue weighted by Crippen LogP contribution is 2.21. The lowest BCUT2D eigenvalue weighted by molar-refractivity contribution is 0.372. The van der Waals surface area contributed by atoms with Crippen LogP contribution in [0.1, 0.15) is 18.4 Å². The van der Waals surface area contributed by atoms with Crippen molar-refractivity contribution in [3.05, 3.63) is 59.9 Å². The van der Waals surface area contributed by atoms with Crippen LogP contribution < -0.4 is 10.0 Å². The monoisotopic (exact) mass is 384 g/mol. The zero-order valence-corrected chi connectivity index (χ0v) is 15.4. The third-order valence-corrected chi connectivity index (χ3v) is 5.71. The molecule has 2 aromatic carbocycles. The summed E-state index contributed by atoms with van der Waals surface area (Å²) >= 11 is 0. The molecule has 0 spiro atoms. The zero-order valence-electron chi connectivity index (χ0n) is 13.7. The summed E-state index contributed by atoms with van der Waals surface area (Å²) in [5, 5.41) is 3.35. The second-order valence-corrected chi connectivity index (χ2v) is 7.84. The topological polar surface area (TPSA) is 58.2 Å². The average molecular weight is 385 g/mol. The molecule has 7 heteroatoms. The average Bonchev–Trinajstić information content (AvgIpc) is 2.58. The van der Waals surface area contributed by atoms with Gasteiger partial charge >= 0.3 is 0 Å². The van der Waals surface area contributed by atoms with Crippen LogP contribution >= 0.6 is 12.4 Å². The maximum Gasteiger partial charge on any atom is 0.261 e. The fraction of sp³-hybridized carbons (Fsp3) is 0.333. The second-order valence-electron chi connectivity index (χ2n) is 6.15. The van der Waals surface area contributed by atoms with Gasteiger partial charge in [0.15, 0.2) is 0 Å². The molecule has 0 unspecified atom stereocenters. The predicted molar refractivity (Wildman–Crippen MR) is 100 cm³/mol. The summed E-state index contributed by atoms with van der Waals surface area (Å²) in [6, 6.07) is 12.3. The molecule has 1 aliphatic heterocycles. The summed E-state index contributed by atoms with van der Waals surface area (Å²) in [5.41, 5.74) is 1.50. The van der Waals surface area contributed by atoms with E-state index in [9.17, 15) is 12.8 Å². The van der Waals surface area contributed by atoms with E-state index in [1.54, 1.807) is 12.1 Å². The van der Waals surface area contributed by atoms with Crippen LogP contribution in [0.4, 0.5) is 10.1 Å². The van der Waals surface area contributed by atoms with Crippen LogP contribution in [0, 0.1) is 11.7 Å². The number of hydrogen-bond acceptors (Lipinski definition) is 3. The number of hydrogen-bond donors (Lipinski definition) is 2. The molecule has 0 bridgehead atoms. The minimum atomic E-state index is -3.66. The lowest BCUT2D eigenvalue weighted by atomic mass is 9.91. The van der Waals surface area contributed by atoms with Gasteiger partial charge in [0, 0.05) is 5.69 Å². The molecule has 0 radical (unpaired) electrons. The van der Waals surface area contributed by atoms with Gasteiger partial charge in [-0.1, -0.05) is 12.1 Å². The minimum Gasteiger partial charge on any atom is -0.317 e. The smallest absolute Gasteiger partial charge is 0.261 e. The van der Waals surface area contributed by atoms with Crippen LogP contribution in [0.25, 0.3) is 0 Å². The zero-order chi connectivity index (χ0) is 17.0. The molecule has 0 amide bonds. The summed E-state index contributed by atoms with van der Waals surface area (Å²) < 4.78 is 40.1. The molecule has 25 heavy (non-hydrogen) atoms. The van der Waals surface area contributed by atoms with E-state index in [4.69, 9.17) is 0 Å². The normalized spacial score (nSPS) is 15.4. The first-order valence-corrected chi connectivity index (χ1v) is 9.59. The molecule has 2 aromatic rings. The summed E-state index contributed by atoms with van der Waals surface area (Å²) in [5.74, 6) is 0.256. The Balaban J connectivity index is 0.00000225. The van der Waals surface area contributed by atoms with E-state index < -0.39 is 15.8 Å². The third kappa shape index (κ3) is 5.42. The van der Waals surface area contributed by atoms with Crippen LogP contribution in [-0.2, 0) is 16.4 Å². The van der Waals surface area contributed by atoms with Gasteiger partial charge in [0.1, 0.15) is 5.82 Å². The first kappa shape index (κ1) is 19.7. The maximum absolute atomic E-state index is 12.9. The van der Waals surface area contributed by atoms with E-state index in [0.29, 0.717) is 11.6 Å². The Morgan fingerprint density at radius 2 is 1.60 bits per heavy atom. The van der Waals surface area contributed by atoms with Crippen molar-refractivity contribution in [3.63, 3.8) is 0 Å². The van der Waals surface area contributed by atoms with Gasteiger partial charge in [-0.2, -0.15) is 0 Å². The largest absolute Gasteiger partial charge is 0.317 e. The van der Waals surface area contributed by atoms with Crippen molar-refractivity contribution in [2.24, 2.45) is 5.92 Å². The fourth-order valence-electron chi connectivity index (χ4n) is 2.96. The van der Waals surface area contributed by atoms with Crippen LogP contribution in [0.5, 0.6) is 0 Å². The highest BCUT2D eigenvalue weighted by atomic mass is 35.5. The van der Waals surface area contributed by atoms with Crippen molar-refractivity contribution in [2.45, 2.75) is 24.2 Å². The number of halogens is 2. The van der Waals surface area contributed by atoms with Crippen molar-refractivity contribution in [1.29, 1.82) is 0 Å². The van der Waals surface area contributed by atoms with Crippen molar-refractivity contribution in [2.75, 3.05) is 17.8 Å². The molecule has 1 heterocycles. The predicted octanol–water partition coefficient (Wildman–Crippen LogP) is 3.59. The van der Waals surface area contributed by atoms with Gasteiger partial charge in [0.05, 0.1) is 4.90 Å². The third-order valence-electron chi connectivity index (χ3n) is 4.31. The van der Waals surface area contributed by atoms with Gasteiger partial charge < -0.3 is 5.32 Å². The number of anilines is 1. The number of sulfonamides is 1. The highest BCUT2D eigenvalue weighted by molar-refractivity contribution is 7.92. The minimum absolute atomic E-state index is 0. The quantitative estimate of drug-likeness (QED) is 0.828. The fourth-order valence-corrected chi connectivity index (χ4v) is 4.01. The number of nitrogens with one attached hydrogen (secondary N) is 2. The van der Waals surface area contributed by atoms with E-state index in [-0.39, 0.29) is 17.3 Å². The molecule has 3 rings (SSSR count). The number of piperidine rings is 1.